The molecular weight excluding hydrogens is 356 g/mol. The molecule has 3 rings (SSSR count). The molecule has 2 N–H and O–H groups in total. The minimum absolute atomic E-state index is 0.0399. The van der Waals surface area contributed by atoms with Crippen molar-refractivity contribution in [2.24, 2.45) is 0 Å². The number of fused-ring (bicyclic) bond motifs is 1. The van der Waals surface area contributed by atoms with E-state index in [-0.39, 0.29) is 11.3 Å². The van der Waals surface area contributed by atoms with Crippen LogP contribution in [0.4, 0.5) is 0 Å². The number of H-pyrrole nitrogens is 1. The van der Waals surface area contributed by atoms with E-state index in [0.29, 0.717) is 11.3 Å². The molecule has 0 aliphatic rings. The molecule has 0 aliphatic carbocycles. The van der Waals surface area contributed by atoms with Crippen LogP contribution in [-0.4, -0.2) is 32.5 Å². The molecule has 0 unspecified atom stereocenters. The second-order valence-corrected chi connectivity index (χ2v) is 7.45. The highest BCUT2D eigenvalue weighted by Crippen LogP contribution is 2.20. The zero-order valence-electron chi connectivity index (χ0n) is 13.9. The number of methoxy groups -OCH3 is 1. The summed E-state index contributed by atoms with van der Waals surface area (Å²) in [5.41, 5.74) is 1.53. The molecule has 0 aliphatic heterocycles. The summed E-state index contributed by atoms with van der Waals surface area (Å²) in [6, 6.07) is 11.6. The summed E-state index contributed by atoms with van der Waals surface area (Å²) in [5.74, 6) is -0.994. The molecule has 0 amide bonds. The van der Waals surface area contributed by atoms with Gasteiger partial charge in [-0.1, -0.05) is 18.2 Å². The van der Waals surface area contributed by atoms with E-state index in [1.807, 2.05) is 24.3 Å². The molecule has 2 aromatic carbocycles. The number of para-hydroxylation sites is 1. The van der Waals surface area contributed by atoms with Crippen LogP contribution in [0.15, 0.2) is 59.6 Å². The lowest BCUT2D eigenvalue weighted by atomic mass is 10.1. The Balaban J connectivity index is 1.84. The number of hydrogen-bond donors (Lipinski definition) is 2. The number of sulfonamides is 1. The SMILES string of the molecule is COc1ccc(S(=O)(=O)N[C@H](Cc2c[nH]c3ccccc23)C(=O)[O-])cc1. The quantitative estimate of drug-likeness (QED) is 0.637. The Morgan fingerprint density at radius 1 is 1.19 bits per heavy atom. The fourth-order valence-electron chi connectivity index (χ4n) is 2.70. The maximum absolute atomic E-state index is 12.5. The van der Waals surface area contributed by atoms with E-state index in [1.165, 1.54) is 31.4 Å². The van der Waals surface area contributed by atoms with E-state index in [9.17, 15) is 18.3 Å². The van der Waals surface area contributed by atoms with Gasteiger partial charge in [0.05, 0.1) is 24.0 Å². The molecule has 1 atom stereocenters. The van der Waals surface area contributed by atoms with Crippen molar-refractivity contribution in [3.8, 4) is 5.75 Å². The van der Waals surface area contributed by atoms with Gasteiger partial charge in [0.15, 0.2) is 0 Å². The van der Waals surface area contributed by atoms with Crippen LogP contribution in [0.3, 0.4) is 0 Å². The summed E-state index contributed by atoms with van der Waals surface area (Å²) in [6.07, 6.45) is 1.63. The van der Waals surface area contributed by atoms with E-state index in [4.69, 9.17) is 4.74 Å². The molecule has 1 aromatic heterocycles. The maximum Gasteiger partial charge on any atom is 0.241 e. The van der Waals surface area contributed by atoms with Crippen LogP contribution in [0.1, 0.15) is 5.56 Å². The standard InChI is InChI=1S/C18H18N2O5S/c1-25-13-6-8-14(9-7-13)26(23,24)20-17(18(21)22)10-12-11-19-16-5-3-2-4-15(12)16/h2-9,11,17,19-20H,10H2,1H3,(H,21,22)/p-1/t17-/m1/s1. The van der Waals surface area contributed by atoms with Crippen molar-refractivity contribution < 1.29 is 23.1 Å². The van der Waals surface area contributed by atoms with Crippen LogP contribution in [0, 0.1) is 0 Å². The second-order valence-electron chi connectivity index (χ2n) is 5.73. The molecule has 0 saturated heterocycles. The molecular formula is C18H17N2O5S-. The van der Waals surface area contributed by atoms with Crippen molar-refractivity contribution in [2.75, 3.05) is 7.11 Å². The number of ether oxygens (including phenoxy) is 1. The third kappa shape index (κ3) is 3.71. The average Bonchev–Trinajstić information content (AvgIpc) is 3.04. The largest absolute Gasteiger partial charge is 0.548 e. The Bertz CT molecular complexity index is 1030. The number of aliphatic carboxylic acids is 1. The van der Waals surface area contributed by atoms with Crippen LogP contribution < -0.4 is 14.6 Å². The molecule has 0 bridgehead atoms. The summed E-state index contributed by atoms with van der Waals surface area (Å²) >= 11 is 0. The first-order valence-corrected chi connectivity index (χ1v) is 9.31. The highest BCUT2D eigenvalue weighted by molar-refractivity contribution is 7.89. The van der Waals surface area contributed by atoms with E-state index in [0.717, 1.165) is 10.9 Å². The van der Waals surface area contributed by atoms with E-state index in [1.54, 1.807) is 6.20 Å². The summed E-state index contributed by atoms with van der Waals surface area (Å²) in [4.78, 5) is 14.5. The molecule has 7 nitrogen and oxygen atoms in total. The Labute approximate surface area is 150 Å². The predicted molar refractivity (Wildman–Crippen MR) is 94.1 cm³/mol. The molecule has 136 valence electrons. The van der Waals surface area contributed by atoms with E-state index in [2.05, 4.69) is 9.71 Å². The van der Waals surface area contributed by atoms with Crippen LogP contribution >= 0.6 is 0 Å². The second kappa shape index (κ2) is 7.19. The lowest BCUT2D eigenvalue weighted by Crippen LogP contribution is -2.49. The number of carbonyl (C=O) groups excluding carboxylic acids is 1. The minimum atomic E-state index is -4.02. The van der Waals surface area contributed by atoms with Crippen molar-refractivity contribution in [2.45, 2.75) is 17.4 Å². The summed E-state index contributed by atoms with van der Waals surface area (Å²) in [5, 5.41) is 12.3. The molecule has 0 saturated carbocycles. The number of carboxylic acids is 1. The Hall–Kier alpha value is -2.84. The summed E-state index contributed by atoms with van der Waals surface area (Å²) in [6.45, 7) is 0. The average molecular weight is 373 g/mol. The van der Waals surface area contributed by atoms with E-state index >= 15 is 0 Å². The summed E-state index contributed by atoms with van der Waals surface area (Å²) < 4.78 is 32.2. The molecule has 0 fully saturated rings. The normalized spacial score (nSPS) is 12.8. The van der Waals surface area contributed by atoms with Crippen molar-refractivity contribution in [3.63, 3.8) is 0 Å². The number of carbonyl (C=O) groups is 1. The number of aromatic amines is 1. The van der Waals surface area contributed by atoms with Gasteiger partial charge in [-0.2, -0.15) is 0 Å². The van der Waals surface area contributed by atoms with Gasteiger partial charge < -0.3 is 19.6 Å². The first-order chi connectivity index (χ1) is 12.4. The topological polar surface area (TPSA) is 111 Å². The molecule has 0 radical (unpaired) electrons. The van der Waals surface area contributed by atoms with Crippen molar-refractivity contribution in [1.29, 1.82) is 0 Å². The van der Waals surface area contributed by atoms with Gasteiger partial charge >= 0.3 is 0 Å². The number of benzene rings is 2. The highest BCUT2D eigenvalue weighted by Gasteiger charge is 2.22. The Morgan fingerprint density at radius 3 is 2.54 bits per heavy atom. The van der Waals surface area contributed by atoms with Crippen molar-refractivity contribution in [3.05, 3.63) is 60.3 Å². The van der Waals surface area contributed by atoms with Crippen LogP contribution in [-0.2, 0) is 21.2 Å². The van der Waals surface area contributed by atoms with Gasteiger partial charge in [-0.05, 0) is 42.3 Å². The Morgan fingerprint density at radius 2 is 1.88 bits per heavy atom. The minimum Gasteiger partial charge on any atom is -0.548 e. The molecule has 3 aromatic rings. The zero-order valence-corrected chi connectivity index (χ0v) is 14.7. The zero-order chi connectivity index (χ0) is 18.7. The van der Waals surface area contributed by atoms with Gasteiger partial charge in [-0.25, -0.2) is 13.1 Å². The fraction of sp³-hybridized carbons (Fsp3) is 0.167. The number of aromatic nitrogens is 1. The van der Waals surface area contributed by atoms with Gasteiger partial charge in [-0.3, -0.25) is 0 Å². The lowest BCUT2D eigenvalue weighted by Gasteiger charge is -2.19. The Kier molecular flexibility index (Phi) is 4.97. The molecule has 1 heterocycles. The monoisotopic (exact) mass is 373 g/mol. The number of nitrogens with one attached hydrogen (secondary N) is 2. The highest BCUT2D eigenvalue weighted by atomic mass is 32.2. The maximum atomic E-state index is 12.5. The van der Waals surface area contributed by atoms with Gasteiger partial charge in [0.1, 0.15) is 5.75 Å². The van der Waals surface area contributed by atoms with Gasteiger partial charge in [0, 0.05) is 17.1 Å². The van der Waals surface area contributed by atoms with E-state index < -0.39 is 22.0 Å². The predicted octanol–water partition coefficient (Wildman–Crippen LogP) is 0.816. The van der Waals surface area contributed by atoms with Crippen molar-refractivity contribution >= 4 is 26.9 Å². The molecule has 8 heteroatoms. The molecule has 26 heavy (non-hydrogen) atoms. The first-order valence-electron chi connectivity index (χ1n) is 7.83. The van der Waals surface area contributed by atoms with Gasteiger partial charge in [0.2, 0.25) is 10.0 Å². The summed E-state index contributed by atoms with van der Waals surface area (Å²) in [7, 11) is -2.56. The van der Waals surface area contributed by atoms with Crippen LogP contribution in [0.2, 0.25) is 0 Å². The van der Waals surface area contributed by atoms with Gasteiger partial charge in [-0.15, -0.1) is 0 Å². The number of hydrogen-bond acceptors (Lipinski definition) is 5. The number of rotatable bonds is 7. The third-order valence-electron chi connectivity index (χ3n) is 4.05. The van der Waals surface area contributed by atoms with Crippen molar-refractivity contribution in [1.82, 2.24) is 9.71 Å². The lowest BCUT2D eigenvalue weighted by molar-refractivity contribution is -0.307. The fourth-order valence-corrected chi connectivity index (χ4v) is 3.89. The van der Waals surface area contributed by atoms with Gasteiger partial charge in [0.25, 0.3) is 0 Å². The number of carboxylic acid groups (broad SMARTS) is 1. The van der Waals surface area contributed by atoms with Crippen LogP contribution in [0.5, 0.6) is 5.75 Å². The van der Waals surface area contributed by atoms with Crippen LogP contribution in [0.25, 0.3) is 10.9 Å². The first kappa shape index (κ1) is 18.0. The molecule has 0 spiro atoms. The smallest absolute Gasteiger partial charge is 0.241 e. The third-order valence-corrected chi connectivity index (χ3v) is 5.54.